The molecule has 0 atom stereocenters. The number of nitrogens with one attached hydrogen (secondary N) is 2. The van der Waals surface area contributed by atoms with Gasteiger partial charge in [-0.1, -0.05) is 39.0 Å². The maximum atomic E-state index is 13.6. The lowest BCUT2D eigenvalue weighted by Gasteiger charge is -2.21. The molecule has 0 spiro atoms. The second kappa shape index (κ2) is 9.25. The Hall–Kier alpha value is -4.24. The van der Waals surface area contributed by atoms with E-state index in [1.165, 1.54) is 23.4 Å². The number of rotatable bonds is 4. The first-order chi connectivity index (χ1) is 17.9. The average molecular weight is 523 g/mol. The van der Waals surface area contributed by atoms with Crippen molar-refractivity contribution in [1.29, 1.82) is 0 Å². The summed E-state index contributed by atoms with van der Waals surface area (Å²) in [6.45, 7) is 13.4. The molecule has 0 unspecified atom stereocenters. The molecule has 2 N–H and O–H groups in total. The van der Waals surface area contributed by atoms with Gasteiger partial charge in [0, 0.05) is 29.5 Å². The average Bonchev–Trinajstić information content (AvgIpc) is 3.12. The van der Waals surface area contributed by atoms with Gasteiger partial charge in [0.1, 0.15) is 11.9 Å². The van der Waals surface area contributed by atoms with E-state index in [0.29, 0.717) is 16.1 Å². The van der Waals surface area contributed by atoms with E-state index < -0.39 is 23.7 Å². The van der Waals surface area contributed by atoms with Gasteiger partial charge >= 0.3 is 6.18 Å². The highest BCUT2D eigenvalue weighted by atomic mass is 19.4. The van der Waals surface area contributed by atoms with Crippen molar-refractivity contribution in [3.63, 3.8) is 0 Å². The number of fused-ring (bicyclic) bond motifs is 2. The van der Waals surface area contributed by atoms with Gasteiger partial charge in [0.15, 0.2) is 11.5 Å². The smallest absolute Gasteiger partial charge is 0.324 e. The first-order valence-electron chi connectivity index (χ1n) is 12.0. The minimum atomic E-state index is -4.71. The van der Waals surface area contributed by atoms with Crippen LogP contribution in [0.1, 0.15) is 37.6 Å². The number of alkyl halides is 3. The molecule has 4 heterocycles. The molecule has 1 aliphatic rings. The van der Waals surface area contributed by atoms with Gasteiger partial charge in [-0.05, 0) is 36.2 Å². The van der Waals surface area contributed by atoms with Crippen molar-refractivity contribution in [3.8, 4) is 5.82 Å². The molecular weight excluding hydrogens is 497 g/mol. The summed E-state index contributed by atoms with van der Waals surface area (Å²) in [6, 6.07) is 8.99. The van der Waals surface area contributed by atoms with Crippen molar-refractivity contribution >= 4 is 28.4 Å². The molecule has 1 aromatic carbocycles. The fourth-order valence-electron chi connectivity index (χ4n) is 4.40. The summed E-state index contributed by atoms with van der Waals surface area (Å²) in [5.74, 6) is -0.00432. The Bertz CT molecular complexity index is 1640. The standard InChI is InChI=1S/C26H25F3N8O/c1-25(2,3)20-8-7-19(30-4)22(34-20)37-21-18(23(38)36(37)14-26(27,28)29)13-32-24(35-21)33-17-6-5-16-12-31-10-9-15(16)11-17/h5-8,11,13,31H,9-10,12,14H2,1-3H3,(H,32,33,35). The van der Waals surface area contributed by atoms with Crippen LogP contribution >= 0.6 is 0 Å². The molecule has 0 radical (unpaired) electrons. The predicted octanol–water partition coefficient (Wildman–Crippen LogP) is 4.78. The van der Waals surface area contributed by atoms with E-state index >= 15 is 0 Å². The fraction of sp³-hybridized carbons (Fsp3) is 0.346. The van der Waals surface area contributed by atoms with Crippen LogP contribution in [0.2, 0.25) is 0 Å². The largest absolute Gasteiger partial charge is 0.408 e. The summed E-state index contributed by atoms with van der Waals surface area (Å²) < 4.78 is 42.3. The van der Waals surface area contributed by atoms with Crippen molar-refractivity contribution in [2.75, 3.05) is 11.9 Å². The van der Waals surface area contributed by atoms with Gasteiger partial charge in [0.2, 0.25) is 11.6 Å². The van der Waals surface area contributed by atoms with E-state index in [1.807, 2.05) is 39.0 Å². The SMILES string of the molecule is [C-]#[N+]c1ccc(C(C)(C)C)nc1-n1c2nc(Nc3ccc4c(c3)CCNC4)ncc2c(=O)n1CC(F)(F)F. The number of halogens is 3. The zero-order valence-electron chi connectivity index (χ0n) is 21.0. The molecule has 9 nitrogen and oxygen atoms in total. The van der Waals surface area contributed by atoms with Gasteiger partial charge in [0.05, 0.1) is 6.57 Å². The molecule has 4 aromatic rings. The van der Waals surface area contributed by atoms with Crippen LogP contribution < -0.4 is 16.2 Å². The second-order valence-electron chi connectivity index (χ2n) is 10.2. The highest BCUT2D eigenvalue weighted by Gasteiger charge is 2.33. The molecular formula is C26H25F3N8O. The van der Waals surface area contributed by atoms with E-state index in [4.69, 9.17) is 6.57 Å². The Labute approximate surface area is 216 Å². The Balaban J connectivity index is 1.70. The molecule has 0 saturated heterocycles. The second-order valence-corrected chi connectivity index (χ2v) is 10.2. The van der Waals surface area contributed by atoms with Gasteiger partial charge < -0.3 is 10.6 Å². The van der Waals surface area contributed by atoms with Crippen molar-refractivity contribution in [1.82, 2.24) is 29.6 Å². The minimum Gasteiger partial charge on any atom is -0.324 e. The maximum absolute atomic E-state index is 13.6. The molecule has 0 saturated carbocycles. The summed E-state index contributed by atoms with van der Waals surface area (Å²) >= 11 is 0. The van der Waals surface area contributed by atoms with E-state index in [0.717, 1.165) is 24.2 Å². The van der Waals surface area contributed by atoms with Crippen LogP contribution in [0.4, 0.5) is 30.5 Å². The van der Waals surface area contributed by atoms with Gasteiger partial charge in [-0.3, -0.25) is 4.79 Å². The van der Waals surface area contributed by atoms with Crippen molar-refractivity contribution in [2.24, 2.45) is 0 Å². The summed E-state index contributed by atoms with van der Waals surface area (Å²) in [5, 5.41) is 6.29. The first-order valence-corrected chi connectivity index (χ1v) is 12.0. The van der Waals surface area contributed by atoms with E-state index in [9.17, 15) is 18.0 Å². The third-order valence-corrected chi connectivity index (χ3v) is 6.30. The molecule has 5 rings (SSSR count). The normalized spacial score (nSPS) is 13.8. The van der Waals surface area contributed by atoms with Crippen molar-refractivity contribution < 1.29 is 13.2 Å². The number of pyridine rings is 1. The summed E-state index contributed by atoms with van der Waals surface area (Å²) in [5.41, 5.74) is 2.14. The molecule has 38 heavy (non-hydrogen) atoms. The number of anilines is 2. The number of benzene rings is 1. The van der Waals surface area contributed by atoms with E-state index in [1.54, 1.807) is 6.07 Å². The molecule has 196 valence electrons. The molecule has 0 fully saturated rings. The molecule has 0 bridgehead atoms. The summed E-state index contributed by atoms with van der Waals surface area (Å²) in [6.07, 6.45) is -2.65. The Morgan fingerprint density at radius 3 is 2.63 bits per heavy atom. The maximum Gasteiger partial charge on any atom is 0.408 e. The quantitative estimate of drug-likeness (QED) is 0.375. The lowest BCUT2D eigenvalue weighted by molar-refractivity contribution is -0.144. The van der Waals surface area contributed by atoms with E-state index in [-0.39, 0.29) is 28.5 Å². The van der Waals surface area contributed by atoms with Crippen LogP contribution in [-0.2, 0) is 24.9 Å². The van der Waals surface area contributed by atoms with Crippen LogP contribution in [0.15, 0.2) is 41.3 Å². The van der Waals surface area contributed by atoms with Crippen molar-refractivity contribution in [3.05, 3.63) is 75.1 Å². The highest BCUT2D eigenvalue weighted by molar-refractivity contribution is 5.78. The van der Waals surface area contributed by atoms with Gasteiger partial charge in [0.25, 0.3) is 5.56 Å². The third kappa shape index (κ3) is 4.84. The highest BCUT2D eigenvalue weighted by Crippen LogP contribution is 2.30. The minimum absolute atomic E-state index is 0.0118. The lowest BCUT2D eigenvalue weighted by atomic mass is 9.91. The Morgan fingerprint density at radius 1 is 1.13 bits per heavy atom. The van der Waals surface area contributed by atoms with Crippen LogP contribution in [0, 0.1) is 6.57 Å². The number of aromatic nitrogens is 5. The van der Waals surface area contributed by atoms with Crippen LogP contribution in [0.3, 0.4) is 0 Å². The molecule has 12 heteroatoms. The Morgan fingerprint density at radius 2 is 1.92 bits per heavy atom. The zero-order valence-corrected chi connectivity index (χ0v) is 21.0. The molecule has 0 amide bonds. The monoisotopic (exact) mass is 522 g/mol. The summed E-state index contributed by atoms with van der Waals surface area (Å²) in [4.78, 5) is 29.8. The fourth-order valence-corrected chi connectivity index (χ4v) is 4.40. The van der Waals surface area contributed by atoms with Crippen LogP contribution in [0.25, 0.3) is 21.7 Å². The van der Waals surface area contributed by atoms with Gasteiger partial charge in [-0.2, -0.15) is 18.2 Å². The summed E-state index contributed by atoms with van der Waals surface area (Å²) in [7, 11) is 0. The molecule has 0 aliphatic carbocycles. The van der Waals surface area contributed by atoms with Gasteiger partial charge in [-0.15, -0.1) is 0 Å². The van der Waals surface area contributed by atoms with E-state index in [2.05, 4.69) is 30.4 Å². The van der Waals surface area contributed by atoms with Gasteiger partial charge in [-0.25, -0.2) is 24.2 Å². The molecule has 1 aliphatic heterocycles. The van der Waals surface area contributed by atoms with Crippen LogP contribution in [0.5, 0.6) is 0 Å². The van der Waals surface area contributed by atoms with Crippen LogP contribution in [-0.4, -0.2) is 37.0 Å². The zero-order chi connectivity index (χ0) is 27.2. The predicted molar refractivity (Wildman–Crippen MR) is 137 cm³/mol. The topological polar surface area (TPSA) is 94.0 Å². The number of hydrogen-bond acceptors (Lipinski definition) is 6. The number of hydrogen-bond donors (Lipinski definition) is 2. The first kappa shape index (κ1) is 25.4. The Kier molecular flexibility index (Phi) is 6.19. The molecule has 3 aromatic heterocycles. The number of nitrogens with zero attached hydrogens (tertiary/aromatic N) is 6. The lowest BCUT2D eigenvalue weighted by Crippen LogP contribution is -2.30. The van der Waals surface area contributed by atoms with Crippen molar-refractivity contribution in [2.45, 2.75) is 51.9 Å². The third-order valence-electron chi connectivity index (χ3n) is 6.30.